The van der Waals surface area contributed by atoms with Gasteiger partial charge in [-0.3, -0.25) is 5.32 Å². The van der Waals surface area contributed by atoms with Gasteiger partial charge in [-0.05, 0) is 44.1 Å². The zero-order valence-corrected chi connectivity index (χ0v) is 13.5. The second kappa shape index (κ2) is 5.11. The van der Waals surface area contributed by atoms with E-state index in [0.29, 0.717) is 17.9 Å². The third-order valence-electron chi connectivity index (χ3n) is 5.76. The lowest BCUT2D eigenvalue weighted by molar-refractivity contribution is 0.0431. The number of ether oxygens (including phenoxy) is 1. The minimum absolute atomic E-state index is 0.255. The third kappa shape index (κ3) is 2.05. The molecule has 23 heavy (non-hydrogen) atoms. The topological polar surface area (TPSA) is 27.7 Å². The smallest absolute Gasteiger partial charge is 0.197 e. The Hall–Kier alpha value is -1.78. The molecule has 1 aromatic rings. The SMILES string of the molecule is CN1CC2CCNC3C=CC=C4Oc5ccccc5C(C1)C2N43. The van der Waals surface area contributed by atoms with Gasteiger partial charge in [0, 0.05) is 30.6 Å². The summed E-state index contributed by atoms with van der Waals surface area (Å²) >= 11 is 0. The molecule has 2 fully saturated rings. The van der Waals surface area contributed by atoms with Crippen LogP contribution in [0.5, 0.6) is 5.75 Å². The number of likely N-dealkylation sites (N-methyl/N-ethyl adjacent to an activating group) is 1. The number of rotatable bonds is 0. The van der Waals surface area contributed by atoms with Crippen LogP contribution in [0.15, 0.2) is 48.4 Å². The minimum atomic E-state index is 0.255. The van der Waals surface area contributed by atoms with Crippen molar-refractivity contribution < 1.29 is 4.74 Å². The molecular weight excluding hydrogens is 286 g/mol. The van der Waals surface area contributed by atoms with Crippen LogP contribution < -0.4 is 10.1 Å². The molecule has 4 aliphatic heterocycles. The number of likely N-dealkylation sites (tertiary alicyclic amines) is 1. The molecule has 0 aromatic heterocycles. The van der Waals surface area contributed by atoms with Gasteiger partial charge in [-0.1, -0.05) is 24.3 Å². The summed E-state index contributed by atoms with van der Waals surface area (Å²) in [6, 6.07) is 9.11. The van der Waals surface area contributed by atoms with Crippen molar-refractivity contribution in [2.24, 2.45) is 5.92 Å². The van der Waals surface area contributed by atoms with Crippen molar-refractivity contribution in [2.45, 2.75) is 24.5 Å². The van der Waals surface area contributed by atoms with Crippen LogP contribution in [0.2, 0.25) is 0 Å². The molecular formula is C19H23N3O. The van der Waals surface area contributed by atoms with Gasteiger partial charge < -0.3 is 14.5 Å². The van der Waals surface area contributed by atoms with Gasteiger partial charge in [0.1, 0.15) is 11.9 Å². The molecule has 1 aromatic carbocycles. The predicted molar refractivity (Wildman–Crippen MR) is 90.1 cm³/mol. The molecule has 0 amide bonds. The van der Waals surface area contributed by atoms with E-state index in [-0.39, 0.29) is 6.17 Å². The molecule has 0 spiro atoms. The number of para-hydroxylation sites is 1. The summed E-state index contributed by atoms with van der Waals surface area (Å²) in [7, 11) is 2.26. The summed E-state index contributed by atoms with van der Waals surface area (Å²) in [5.74, 6) is 3.19. The van der Waals surface area contributed by atoms with Crippen LogP contribution in [0, 0.1) is 5.92 Å². The maximum Gasteiger partial charge on any atom is 0.197 e. The van der Waals surface area contributed by atoms with Gasteiger partial charge in [0.05, 0.1) is 0 Å². The summed E-state index contributed by atoms with van der Waals surface area (Å²) in [5, 5.41) is 3.69. The number of piperidine rings is 1. The zero-order chi connectivity index (χ0) is 15.4. The average Bonchev–Trinajstić information content (AvgIpc) is 2.82. The molecule has 2 saturated heterocycles. The fourth-order valence-corrected chi connectivity index (χ4v) is 4.87. The number of fused-ring (bicyclic) bond motifs is 2. The lowest BCUT2D eigenvalue weighted by atomic mass is 9.77. The normalized spacial score (nSPS) is 35.3. The first-order valence-corrected chi connectivity index (χ1v) is 8.67. The minimum Gasteiger partial charge on any atom is -0.441 e. The highest BCUT2D eigenvalue weighted by Gasteiger charge is 2.47. The van der Waals surface area contributed by atoms with Gasteiger partial charge >= 0.3 is 0 Å². The van der Waals surface area contributed by atoms with Gasteiger partial charge in [0.15, 0.2) is 5.88 Å². The Labute approximate surface area is 137 Å². The maximum absolute atomic E-state index is 6.37. The van der Waals surface area contributed by atoms with Gasteiger partial charge in [-0.15, -0.1) is 0 Å². The van der Waals surface area contributed by atoms with Gasteiger partial charge in [0.25, 0.3) is 0 Å². The van der Waals surface area contributed by atoms with E-state index < -0.39 is 0 Å². The largest absolute Gasteiger partial charge is 0.441 e. The summed E-state index contributed by atoms with van der Waals surface area (Å²) in [5.41, 5.74) is 1.37. The number of benzene rings is 1. The number of hydrogen-bond donors (Lipinski definition) is 1. The Morgan fingerprint density at radius 1 is 1.22 bits per heavy atom. The van der Waals surface area contributed by atoms with E-state index in [1.807, 2.05) is 0 Å². The molecule has 1 N–H and O–H groups in total. The number of nitrogens with zero attached hydrogens (tertiary/aromatic N) is 2. The molecule has 0 aliphatic carbocycles. The molecule has 4 atom stereocenters. The second-order valence-corrected chi connectivity index (χ2v) is 7.20. The van der Waals surface area contributed by atoms with Crippen molar-refractivity contribution in [3.8, 4) is 5.75 Å². The van der Waals surface area contributed by atoms with Crippen LogP contribution in [0.25, 0.3) is 0 Å². The lowest BCUT2D eigenvalue weighted by Gasteiger charge is -2.48. The number of hydrogen-bond acceptors (Lipinski definition) is 4. The van der Waals surface area contributed by atoms with Crippen molar-refractivity contribution >= 4 is 0 Å². The molecule has 0 radical (unpaired) electrons. The standard InChI is InChI=1S/C19H23N3O/c1-21-11-13-9-10-20-17-7-4-8-18-22(17)19(13)15(12-21)14-5-2-3-6-16(14)23-18/h2-8,13,15,17,19-20H,9-12H2,1H3. The van der Waals surface area contributed by atoms with Crippen molar-refractivity contribution in [1.29, 1.82) is 0 Å². The summed E-state index contributed by atoms with van der Waals surface area (Å²) in [6.45, 7) is 3.34. The quantitative estimate of drug-likeness (QED) is 0.794. The number of nitrogens with one attached hydrogen (secondary N) is 1. The highest BCUT2D eigenvalue weighted by atomic mass is 16.5. The van der Waals surface area contributed by atoms with Crippen molar-refractivity contribution in [3.63, 3.8) is 0 Å². The van der Waals surface area contributed by atoms with E-state index in [9.17, 15) is 0 Å². The molecule has 0 saturated carbocycles. The van der Waals surface area contributed by atoms with Crippen LogP contribution in [0.4, 0.5) is 0 Å². The molecule has 4 unspecified atom stereocenters. The van der Waals surface area contributed by atoms with Gasteiger partial charge in [0.2, 0.25) is 0 Å². The number of allylic oxidation sites excluding steroid dienone is 2. The summed E-state index contributed by atoms with van der Waals surface area (Å²) in [6.07, 6.45) is 7.99. The lowest BCUT2D eigenvalue weighted by Crippen LogP contribution is -2.57. The Balaban J connectivity index is 1.70. The first-order valence-electron chi connectivity index (χ1n) is 8.67. The molecule has 0 bridgehead atoms. The average molecular weight is 309 g/mol. The monoisotopic (exact) mass is 309 g/mol. The predicted octanol–water partition coefficient (Wildman–Crippen LogP) is 2.13. The fourth-order valence-electron chi connectivity index (χ4n) is 4.87. The van der Waals surface area contributed by atoms with Crippen molar-refractivity contribution in [2.75, 3.05) is 26.7 Å². The molecule has 4 nitrogen and oxygen atoms in total. The maximum atomic E-state index is 6.37. The van der Waals surface area contributed by atoms with E-state index in [4.69, 9.17) is 4.74 Å². The van der Waals surface area contributed by atoms with E-state index >= 15 is 0 Å². The Bertz CT molecular complexity index is 683. The van der Waals surface area contributed by atoms with Crippen LogP contribution in [0.1, 0.15) is 17.9 Å². The van der Waals surface area contributed by atoms with Gasteiger partial charge in [-0.25, -0.2) is 0 Å². The van der Waals surface area contributed by atoms with Crippen LogP contribution in [-0.4, -0.2) is 48.7 Å². The van der Waals surface area contributed by atoms with E-state index in [1.54, 1.807) is 0 Å². The molecule has 4 aliphatic rings. The van der Waals surface area contributed by atoms with E-state index in [2.05, 4.69) is 64.7 Å². The van der Waals surface area contributed by atoms with E-state index in [1.165, 1.54) is 18.5 Å². The van der Waals surface area contributed by atoms with Crippen molar-refractivity contribution in [1.82, 2.24) is 15.1 Å². The van der Waals surface area contributed by atoms with E-state index in [0.717, 1.165) is 24.7 Å². The fraction of sp³-hybridized carbons (Fsp3) is 0.474. The van der Waals surface area contributed by atoms with Gasteiger partial charge in [-0.2, -0.15) is 0 Å². The summed E-state index contributed by atoms with van der Waals surface area (Å²) < 4.78 is 6.37. The van der Waals surface area contributed by atoms with Crippen LogP contribution in [-0.2, 0) is 0 Å². The molecule has 4 heteroatoms. The Morgan fingerprint density at radius 3 is 3.09 bits per heavy atom. The highest BCUT2D eigenvalue weighted by molar-refractivity contribution is 5.42. The van der Waals surface area contributed by atoms with Crippen LogP contribution in [0.3, 0.4) is 0 Å². The van der Waals surface area contributed by atoms with Crippen LogP contribution >= 0.6 is 0 Å². The zero-order valence-electron chi connectivity index (χ0n) is 13.5. The summed E-state index contributed by atoms with van der Waals surface area (Å²) in [4.78, 5) is 5.01. The Kier molecular flexibility index (Phi) is 3.03. The highest BCUT2D eigenvalue weighted by Crippen LogP contribution is 2.45. The molecule has 5 rings (SSSR count). The Morgan fingerprint density at radius 2 is 2.13 bits per heavy atom. The first-order chi connectivity index (χ1) is 11.3. The first kappa shape index (κ1) is 13.6. The second-order valence-electron chi connectivity index (χ2n) is 7.20. The third-order valence-corrected chi connectivity index (χ3v) is 5.76. The molecule has 4 heterocycles. The molecule has 120 valence electrons. The van der Waals surface area contributed by atoms with Crippen molar-refractivity contribution in [3.05, 3.63) is 53.9 Å².